The van der Waals surface area contributed by atoms with Crippen molar-refractivity contribution in [1.82, 2.24) is 5.32 Å². The molecule has 0 bridgehead atoms. The molecule has 0 heterocycles. The second-order valence-electron chi connectivity index (χ2n) is 5.48. The molecule has 2 heteroatoms. The lowest BCUT2D eigenvalue weighted by atomic mass is 9.65. The molecule has 1 aliphatic carbocycles. The van der Waals surface area contributed by atoms with Crippen LogP contribution in [-0.2, 0) is 0 Å². The van der Waals surface area contributed by atoms with E-state index in [-0.39, 0.29) is 0 Å². The van der Waals surface area contributed by atoms with Gasteiger partial charge in [-0.15, -0.1) is 0 Å². The number of hydrogen-bond acceptors (Lipinski definition) is 2. The van der Waals surface area contributed by atoms with Crippen LogP contribution in [0.15, 0.2) is 24.3 Å². The van der Waals surface area contributed by atoms with Gasteiger partial charge in [0, 0.05) is 6.04 Å². The van der Waals surface area contributed by atoms with E-state index in [4.69, 9.17) is 4.74 Å². The Morgan fingerprint density at radius 1 is 1.26 bits per heavy atom. The maximum Gasteiger partial charge on any atom is 0.119 e. The van der Waals surface area contributed by atoms with Crippen molar-refractivity contribution in [2.75, 3.05) is 13.2 Å². The summed E-state index contributed by atoms with van der Waals surface area (Å²) in [6, 6.07) is 9.38. The maximum absolute atomic E-state index is 5.61. The molecule has 0 aliphatic heterocycles. The van der Waals surface area contributed by atoms with Gasteiger partial charge in [-0.3, -0.25) is 0 Å². The van der Waals surface area contributed by atoms with Gasteiger partial charge in [-0.05, 0) is 55.8 Å². The molecule has 2 nitrogen and oxygen atoms in total. The smallest absolute Gasteiger partial charge is 0.119 e. The van der Waals surface area contributed by atoms with Gasteiger partial charge in [0.05, 0.1) is 6.61 Å². The van der Waals surface area contributed by atoms with E-state index in [1.54, 1.807) is 0 Å². The largest absolute Gasteiger partial charge is 0.494 e. The van der Waals surface area contributed by atoms with E-state index < -0.39 is 0 Å². The van der Waals surface area contributed by atoms with Crippen molar-refractivity contribution >= 4 is 0 Å². The first-order chi connectivity index (χ1) is 9.30. The zero-order chi connectivity index (χ0) is 13.7. The molecule has 1 fully saturated rings. The van der Waals surface area contributed by atoms with Crippen molar-refractivity contribution in [2.45, 2.75) is 52.0 Å². The number of nitrogens with one attached hydrogen (secondary N) is 1. The third kappa shape index (κ3) is 3.30. The Labute approximate surface area is 117 Å². The first-order valence-corrected chi connectivity index (χ1v) is 7.76. The second kappa shape index (κ2) is 6.95. The Morgan fingerprint density at radius 2 is 2.11 bits per heavy atom. The summed E-state index contributed by atoms with van der Waals surface area (Å²) in [4.78, 5) is 0. The highest BCUT2D eigenvalue weighted by Gasteiger charge is 2.39. The van der Waals surface area contributed by atoms with Crippen molar-refractivity contribution in [3.05, 3.63) is 29.8 Å². The fraction of sp³-hybridized carbons (Fsp3) is 0.647. The molecule has 106 valence electrons. The van der Waals surface area contributed by atoms with Crippen LogP contribution in [0.3, 0.4) is 0 Å². The van der Waals surface area contributed by atoms with Crippen LogP contribution >= 0.6 is 0 Å². The molecule has 3 unspecified atom stereocenters. The molecule has 1 aromatic rings. The SMILES string of the molecule is CCCNC1CC(c2cccc(OCC)c2)C1CC. The minimum atomic E-state index is 0.708. The highest BCUT2D eigenvalue weighted by Crippen LogP contribution is 2.45. The Balaban J connectivity index is 2.00. The standard InChI is InChI=1S/C17H27NO/c1-4-10-18-17-12-16(15(17)5-2)13-8-7-9-14(11-13)19-6-3/h7-9,11,15-18H,4-6,10,12H2,1-3H3. The van der Waals surface area contributed by atoms with Crippen LogP contribution in [0.1, 0.15) is 51.5 Å². The molecule has 1 aromatic carbocycles. The molecule has 1 N–H and O–H groups in total. The summed E-state index contributed by atoms with van der Waals surface area (Å²) in [5, 5.41) is 3.68. The van der Waals surface area contributed by atoms with E-state index >= 15 is 0 Å². The Bertz CT molecular complexity index is 391. The predicted molar refractivity (Wildman–Crippen MR) is 80.8 cm³/mol. The average molecular weight is 261 g/mol. The third-order valence-electron chi connectivity index (χ3n) is 4.27. The van der Waals surface area contributed by atoms with Crippen molar-refractivity contribution in [3.8, 4) is 5.75 Å². The Morgan fingerprint density at radius 3 is 2.79 bits per heavy atom. The fourth-order valence-electron chi connectivity index (χ4n) is 3.23. The van der Waals surface area contributed by atoms with E-state index in [1.807, 2.05) is 6.92 Å². The topological polar surface area (TPSA) is 21.3 Å². The van der Waals surface area contributed by atoms with Gasteiger partial charge in [0.2, 0.25) is 0 Å². The van der Waals surface area contributed by atoms with Gasteiger partial charge in [-0.2, -0.15) is 0 Å². The van der Waals surface area contributed by atoms with Crippen LogP contribution in [0.5, 0.6) is 5.75 Å². The predicted octanol–water partition coefficient (Wildman–Crippen LogP) is 3.97. The molecule has 1 saturated carbocycles. The van der Waals surface area contributed by atoms with Gasteiger partial charge in [-0.1, -0.05) is 32.4 Å². The molecule has 0 radical (unpaired) electrons. The first kappa shape index (κ1) is 14.4. The van der Waals surface area contributed by atoms with Crippen LogP contribution < -0.4 is 10.1 Å². The quantitative estimate of drug-likeness (QED) is 0.802. The minimum Gasteiger partial charge on any atom is -0.494 e. The average Bonchev–Trinajstić information content (AvgIpc) is 2.39. The van der Waals surface area contributed by atoms with Crippen molar-refractivity contribution < 1.29 is 4.74 Å². The van der Waals surface area contributed by atoms with Crippen LogP contribution in [0.4, 0.5) is 0 Å². The number of benzene rings is 1. The molecular weight excluding hydrogens is 234 g/mol. The molecule has 0 spiro atoms. The number of rotatable bonds is 7. The van der Waals surface area contributed by atoms with E-state index in [0.717, 1.165) is 24.8 Å². The molecule has 2 rings (SSSR count). The van der Waals surface area contributed by atoms with E-state index in [1.165, 1.54) is 24.8 Å². The van der Waals surface area contributed by atoms with Crippen molar-refractivity contribution in [1.29, 1.82) is 0 Å². The summed E-state index contributed by atoms with van der Waals surface area (Å²) in [5.74, 6) is 2.50. The lowest BCUT2D eigenvalue weighted by molar-refractivity contribution is 0.160. The van der Waals surface area contributed by atoms with Crippen LogP contribution in [0.25, 0.3) is 0 Å². The second-order valence-corrected chi connectivity index (χ2v) is 5.48. The summed E-state index contributed by atoms with van der Waals surface area (Å²) < 4.78 is 5.61. The molecule has 1 aliphatic rings. The molecule has 0 aromatic heterocycles. The Kier molecular flexibility index (Phi) is 5.26. The molecule has 0 amide bonds. The van der Waals surface area contributed by atoms with Crippen LogP contribution in [0.2, 0.25) is 0 Å². The lowest BCUT2D eigenvalue weighted by Gasteiger charge is -2.45. The maximum atomic E-state index is 5.61. The normalized spacial score (nSPS) is 25.9. The van der Waals surface area contributed by atoms with Gasteiger partial charge < -0.3 is 10.1 Å². The Hall–Kier alpha value is -1.02. The molecule has 0 saturated heterocycles. The summed E-state index contributed by atoms with van der Waals surface area (Å²) in [6.45, 7) is 8.47. The van der Waals surface area contributed by atoms with Crippen molar-refractivity contribution in [3.63, 3.8) is 0 Å². The van der Waals surface area contributed by atoms with Crippen LogP contribution in [-0.4, -0.2) is 19.2 Å². The highest BCUT2D eigenvalue weighted by atomic mass is 16.5. The minimum absolute atomic E-state index is 0.708. The first-order valence-electron chi connectivity index (χ1n) is 7.76. The van der Waals surface area contributed by atoms with Crippen LogP contribution in [0, 0.1) is 5.92 Å². The summed E-state index contributed by atoms with van der Waals surface area (Å²) >= 11 is 0. The summed E-state index contributed by atoms with van der Waals surface area (Å²) in [6.07, 6.45) is 3.75. The monoisotopic (exact) mass is 261 g/mol. The van der Waals surface area contributed by atoms with Gasteiger partial charge in [0.25, 0.3) is 0 Å². The zero-order valence-corrected chi connectivity index (χ0v) is 12.5. The lowest BCUT2D eigenvalue weighted by Crippen LogP contribution is -2.49. The fourth-order valence-corrected chi connectivity index (χ4v) is 3.23. The summed E-state index contributed by atoms with van der Waals surface area (Å²) in [5.41, 5.74) is 1.45. The van der Waals surface area contributed by atoms with E-state index in [0.29, 0.717) is 12.0 Å². The zero-order valence-electron chi connectivity index (χ0n) is 12.5. The van der Waals surface area contributed by atoms with E-state index in [9.17, 15) is 0 Å². The van der Waals surface area contributed by atoms with Gasteiger partial charge in [-0.25, -0.2) is 0 Å². The number of ether oxygens (including phenoxy) is 1. The highest BCUT2D eigenvalue weighted by molar-refractivity contribution is 5.33. The van der Waals surface area contributed by atoms with Gasteiger partial charge in [0.15, 0.2) is 0 Å². The molecule has 19 heavy (non-hydrogen) atoms. The van der Waals surface area contributed by atoms with Gasteiger partial charge in [0.1, 0.15) is 5.75 Å². The number of hydrogen-bond donors (Lipinski definition) is 1. The molecule has 3 atom stereocenters. The summed E-state index contributed by atoms with van der Waals surface area (Å²) in [7, 11) is 0. The third-order valence-corrected chi connectivity index (χ3v) is 4.27. The van der Waals surface area contributed by atoms with Gasteiger partial charge >= 0.3 is 0 Å². The molecular formula is C17H27NO. The van der Waals surface area contributed by atoms with Crippen molar-refractivity contribution in [2.24, 2.45) is 5.92 Å². The van der Waals surface area contributed by atoms with E-state index in [2.05, 4.69) is 43.4 Å².